The van der Waals surface area contributed by atoms with Crippen LogP contribution in [0.3, 0.4) is 0 Å². The van der Waals surface area contributed by atoms with Crippen LogP contribution in [0.1, 0.15) is 19.8 Å². The maximum Gasteiger partial charge on any atom is 0.229 e. The minimum absolute atomic E-state index is 0.0371. The first kappa shape index (κ1) is 24.1. The molecule has 0 spiro atoms. The molecule has 1 atom stereocenters. The minimum atomic E-state index is -0.293. The normalized spacial score (nSPS) is 15.4. The van der Waals surface area contributed by atoms with Gasteiger partial charge in [0, 0.05) is 31.3 Å². The highest BCUT2D eigenvalue weighted by atomic mass is 19.1. The molecule has 1 saturated heterocycles. The van der Waals surface area contributed by atoms with Gasteiger partial charge in [-0.1, -0.05) is 0 Å². The SMILES string of the molecule is CC(=O)NCCOc1ccc(NC(=O)C2CCCN(c3ccc(-c4ccc(F)cc4)nn3)C2)cc1. The molecule has 0 saturated carbocycles. The van der Waals surface area contributed by atoms with Gasteiger partial charge in [0.1, 0.15) is 18.2 Å². The number of piperidine rings is 1. The molecule has 1 aromatic heterocycles. The smallest absolute Gasteiger partial charge is 0.229 e. The number of halogens is 1. The summed E-state index contributed by atoms with van der Waals surface area (Å²) in [7, 11) is 0. The van der Waals surface area contributed by atoms with Crippen LogP contribution < -0.4 is 20.3 Å². The fraction of sp³-hybridized carbons (Fsp3) is 0.308. The molecule has 0 aliphatic carbocycles. The van der Waals surface area contributed by atoms with Gasteiger partial charge in [-0.3, -0.25) is 9.59 Å². The molecule has 9 heteroatoms. The summed E-state index contributed by atoms with van der Waals surface area (Å²) in [6, 6.07) is 17.0. The molecular formula is C26H28FN5O3. The lowest BCUT2D eigenvalue weighted by molar-refractivity contribution is -0.120. The molecule has 1 aliphatic heterocycles. The summed E-state index contributed by atoms with van der Waals surface area (Å²) in [6.45, 7) is 3.63. The molecule has 1 unspecified atom stereocenters. The Labute approximate surface area is 203 Å². The van der Waals surface area contributed by atoms with E-state index in [9.17, 15) is 14.0 Å². The van der Waals surface area contributed by atoms with Crippen molar-refractivity contribution in [3.05, 3.63) is 66.5 Å². The van der Waals surface area contributed by atoms with Gasteiger partial charge in [0.25, 0.3) is 0 Å². The van der Waals surface area contributed by atoms with Crippen molar-refractivity contribution in [2.45, 2.75) is 19.8 Å². The number of nitrogens with one attached hydrogen (secondary N) is 2. The first-order valence-electron chi connectivity index (χ1n) is 11.6. The van der Waals surface area contributed by atoms with Crippen LogP contribution in [0.25, 0.3) is 11.3 Å². The van der Waals surface area contributed by atoms with Crippen molar-refractivity contribution in [3.63, 3.8) is 0 Å². The van der Waals surface area contributed by atoms with Crippen LogP contribution in [0.15, 0.2) is 60.7 Å². The van der Waals surface area contributed by atoms with Crippen molar-refractivity contribution >= 4 is 23.3 Å². The van der Waals surface area contributed by atoms with E-state index in [1.54, 1.807) is 36.4 Å². The van der Waals surface area contributed by atoms with Crippen LogP contribution in [-0.2, 0) is 9.59 Å². The summed E-state index contributed by atoms with van der Waals surface area (Å²) < 4.78 is 18.7. The number of benzene rings is 2. The Bertz CT molecular complexity index is 1140. The van der Waals surface area contributed by atoms with Gasteiger partial charge in [0.2, 0.25) is 11.8 Å². The molecule has 0 bridgehead atoms. The summed E-state index contributed by atoms with van der Waals surface area (Å²) >= 11 is 0. The molecule has 2 heterocycles. The van der Waals surface area contributed by atoms with Gasteiger partial charge in [0.15, 0.2) is 5.82 Å². The van der Waals surface area contributed by atoms with Crippen LogP contribution in [0, 0.1) is 11.7 Å². The highest BCUT2D eigenvalue weighted by molar-refractivity contribution is 5.93. The second-order valence-corrected chi connectivity index (χ2v) is 8.41. The number of nitrogens with zero attached hydrogens (tertiary/aromatic N) is 3. The van der Waals surface area contributed by atoms with Crippen molar-refractivity contribution in [1.82, 2.24) is 15.5 Å². The third-order valence-electron chi connectivity index (χ3n) is 5.77. The largest absolute Gasteiger partial charge is 0.492 e. The molecule has 2 aromatic carbocycles. The van der Waals surface area contributed by atoms with Crippen LogP contribution in [0.5, 0.6) is 5.75 Å². The fourth-order valence-electron chi connectivity index (χ4n) is 3.94. The third-order valence-corrected chi connectivity index (χ3v) is 5.77. The molecule has 3 aromatic rings. The molecule has 2 amide bonds. The first-order valence-corrected chi connectivity index (χ1v) is 11.6. The molecule has 35 heavy (non-hydrogen) atoms. The van der Waals surface area contributed by atoms with E-state index in [1.165, 1.54) is 19.1 Å². The number of hydrogen-bond acceptors (Lipinski definition) is 6. The van der Waals surface area contributed by atoms with Crippen molar-refractivity contribution in [2.75, 3.05) is 36.5 Å². The zero-order valence-corrected chi connectivity index (χ0v) is 19.5. The number of amides is 2. The average molecular weight is 478 g/mol. The van der Waals surface area contributed by atoms with E-state index in [0.717, 1.165) is 24.9 Å². The van der Waals surface area contributed by atoms with Gasteiger partial charge >= 0.3 is 0 Å². The number of anilines is 2. The van der Waals surface area contributed by atoms with Crippen molar-refractivity contribution < 1.29 is 18.7 Å². The highest BCUT2D eigenvalue weighted by Crippen LogP contribution is 2.25. The zero-order valence-electron chi connectivity index (χ0n) is 19.5. The zero-order chi connectivity index (χ0) is 24.6. The minimum Gasteiger partial charge on any atom is -0.492 e. The van der Waals surface area contributed by atoms with Gasteiger partial charge in [-0.25, -0.2) is 4.39 Å². The van der Waals surface area contributed by atoms with E-state index in [0.29, 0.717) is 42.6 Å². The quantitative estimate of drug-likeness (QED) is 0.481. The number of carbonyl (C=O) groups is 2. The summed E-state index contributed by atoms with van der Waals surface area (Å²) in [4.78, 5) is 25.8. The number of carbonyl (C=O) groups excluding carboxylic acids is 2. The predicted molar refractivity (Wildman–Crippen MR) is 132 cm³/mol. The molecular weight excluding hydrogens is 449 g/mol. The topological polar surface area (TPSA) is 96.5 Å². The van der Waals surface area contributed by atoms with E-state index in [2.05, 4.69) is 25.7 Å². The lowest BCUT2D eigenvalue weighted by Crippen LogP contribution is -2.41. The monoisotopic (exact) mass is 477 g/mol. The summed E-state index contributed by atoms with van der Waals surface area (Å²) in [5.41, 5.74) is 2.16. The average Bonchev–Trinajstić information content (AvgIpc) is 2.88. The van der Waals surface area contributed by atoms with Crippen LogP contribution in [0.2, 0.25) is 0 Å². The standard InChI is InChI=1S/C26H28FN5O3/c1-18(33)28-14-16-35-23-10-8-22(9-11-23)29-26(34)20-3-2-15-32(17-20)25-13-12-24(30-31-25)19-4-6-21(27)7-5-19/h4-13,20H,2-3,14-17H2,1H3,(H,28,33)(H,29,34). The Morgan fingerprint density at radius 2 is 1.83 bits per heavy atom. The second-order valence-electron chi connectivity index (χ2n) is 8.41. The Kier molecular flexibility index (Phi) is 7.87. The molecule has 2 N–H and O–H groups in total. The highest BCUT2D eigenvalue weighted by Gasteiger charge is 2.27. The number of aromatic nitrogens is 2. The second kappa shape index (κ2) is 11.4. The summed E-state index contributed by atoms with van der Waals surface area (Å²) in [6.07, 6.45) is 1.67. The Balaban J connectivity index is 1.30. The van der Waals surface area contributed by atoms with Crippen LogP contribution in [0.4, 0.5) is 15.9 Å². The predicted octanol–water partition coefficient (Wildman–Crippen LogP) is 3.65. The molecule has 4 rings (SSSR count). The maximum atomic E-state index is 13.2. The number of rotatable bonds is 8. The van der Waals surface area contributed by atoms with E-state index in [1.807, 2.05) is 12.1 Å². The number of ether oxygens (including phenoxy) is 1. The molecule has 182 valence electrons. The molecule has 8 nitrogen and oxygen atoms in total. The van der Waals surface area contributed by atoms with E-state index < -0.39 is 0 Å². The summed E-state index contributed by atoms with van der Waals surface area (Å²) in [5.74, 6) is 0.788. The lowest BCUT2D eigenvalue weighted by atomic mass is 9.97. The Morgan fingerprint density at radius 3 is 2.51 bits per heavy atom. The molecule has 1 fully saturated rings. The van der Waals surface area contributed by atoms with Crippen molar-refractivity contribution in [1.29, 1.82) is 0 Å². The van der Waals surface area contributed by atoms with Crippen LogP contribution >= 0.6 is 0 Å². The first-order chi connectivity index (χ1) is 17.0. The van der Waals surface area contributed by atoms with Gasteiger partial charge in [-0.15, -0.1) is 10.2 Å². The third kappa shape index (κ3) is 6.75. The van der Waals surface area contributed by atoms with Crippen molar-refractivity contribution in [2.24, 2.45) is 5.92 Å². The Hall–Kier alpha value is -4.01. The van der Waals surface area contributed by atoms with Gasteiger partial charge in [-0.05, 0) is 73.5 Å². The van der Waals surface area contributed by atoms with Crippen LogP contribution in [-0.4, -0.2) is 48.3 Å². The van der Waals surface area contributed by atoms with Gasteiger partial charge in [-0.2, -0.15) is 0 Å². The van der Waals surface area contributed by atoms with Gasteiger partial charge < -0.3 is 20.3 Å². The lowest BCUT2D eigenvalue weighted by Gasteiger charge is -2.32. The van der Waals surface area contributed by atoms with E-state index in [4.69, 9.17) is 4.74 Å². The van der Waals surface area contributed by atoms with Crippen molar-refractivity contribution in [3.8, 4) is 17.0 Å². The number of hydrogen-bond donors (Lipinski definition) is 2. The fourth-order valence-corrected chi connectivity index (χ4v) is 3.94. The maximum absolute atomic E-state index is 13.2. The Morgan fingerprint density at radius 1 is 1.06 bits per heavy atom. The van der Waals surface area contributed by atoms with Gasteiger partial charge in [0.05, 0.1) is 18.2 Å². The van der Waals surface area contributed by atoms with E-state index >= 15 is 0 Å². The molecule has 0 radical (unpaired) electrons. The summed E-state index contributed by atoms with van der Waals surface area (Å²) in [5, 5.41) is 14.3. The molecule has 1 aliphatic rings. The van der Waals surface area contributed by atoms with E-state index in [-0.39, 0.29) is 23.5 Å².